The maximum atomic E-state index is 12.3. The van der Waals surface area contributed by atoms with E-state index in [0.717, 1.165) is 19.4 Å². The van der Waals surface area contributed by atoms with E-state index in [1.54, 1.807) is 18.5 Å². The highest BCUT2D eigenvalue weighted by Gasteiger charge is 2.24. The third-order valence-electron chi connectivity index (χ3n) is 3.94. The van der Waals surface area contributed by atoms with Crippen LogP contribution in [0.25, 0.3) is 0 Å². The third-order valence-corrected chi connectivity index (χ3v) is 3.94. The van der Waals surface area contributed by atoms with Crippen LogP contribution >= 0.6 is 0 Å². The fraction of sp³-hybridized carbons (Fsp3) is 0.400. The van der Waals surface area contributed by atoms with Crippen molar-refractivity contribution in [2.75, 3.05) is 18.0 Å². The number of nitrogens with one attached hydrogen (secondary N) is 2. The summed E-state index contributed by atoms with van der Waals surface area (Å²) in [6.45, 7) is 1.39. The van der Waals surface area contributed by atoms with Gasteiger partial charge in [0, 0.05) is 44.8 Å². The van der Waals surface area contributed by atoms with E-state index in [4.69, 9.17) is 0 Å². The highest BCUT2D eigenvalue weighted by atomic mass is 16.2. The van der Waals surface area contributed by atoms with E-state index in [0.29, 0.717) is 12.5 Å². The highest BCUT2D eigenvalue weighted by Crippen LogP contribution is 2.15. The van der Waals surface area contributed by atoms with Crippen LogP contribution in [0.15, 0.2) is 34.2 Å². The molecule has 1 aliphatic heterocycles. The monoisotopic (exact) mass is 330 g/mol. The molecule has 9 heteroatoms. The van der Waals surface area contributed by atoms with E-state index in [9.17, 15) is 14.4 Å². The molecule has 3 heterocycles. The number of carbonyl (C=O) groups excluding carboxylic acids is 1. The second-order valence-corrected chi connectivity index (χ2v) is 5.72. The van der Waals surface area contributed by atoms with E-state index in [2.05, 4.69) is 20.3 Å². The Morgan fingerprint density at radius 2 is 2.08 bits per heavy atom. The largest absolute Gasteiger partial charge is 0.347 e. The number of piperidine rings is 1. The van der Waals surface area contributed by atoms with Crippen molar-refractivity contribution in [1.82, 2.24) is 24.8 Å². The Balaban J connectivity index is 1.72. The smallest absolute Gasteiger partial charge is 0.328 e. The lowest BCUT2D eigenvalue weighted by Gasteiger charge is -2.33. The zero-order valence-corrected chi connectivity index (χ0v) is 13.2. The van der Waals surface area contributed by atoms with Gasteiger partial charge in [-0.2, -0.15) is 0 Å². The molecular formula is C15H18N6O3. The van der Waals surface area contributed by atoms with Crippen molar-refractivity contribution in [3.8, 4) is 0 Å². The predicted octanol–water partition coefficient (Wildman–Crippen LogP) is -0.738. The summed E-state index contributed by atoms with van der Waals surface area (Å²) in [5.74, 6) is 0.129. The summed E-state index contributed by atoms with van der Waals surface area (Å²) in [5.41, 5.74) is -1.32. The van der Waals surface area contributed by atoms with Gasteiger partial charge in [-0.1, -0.05) is 0 Å². The average Bonchev–Trinajstić information content (AvgIpc) is 2.59. The number of nitrogens with zero attached hydrogens (tertiary/aromatic N) is 4. The van der Waals surface area contributed by atoms with Crippen LogP contribution in [0.1, 0.15) is 23.2 Å². The molecule has 24 heavy (non-hydrogen) atoms. The first kappa shape index (κ1) is 15.9. The first-order valence-electron chi connectivity index (χ1n) is 7.67. The molecule has 2 aromatic rings. The minimum Gasteiger partial charge on any atom is -0.347 e. The van der Waals surface area contributed by atoms with Gasteiger partial charge >= 0.3 is 5.69 Å². The Morgan fingerprint density at radius 1 is 1.33 bits per heavy atom. The van der Waals surface area contributed by atoms with E-state index in [1.165, 1.54) is 17.8 Å². The molecule has 1 aliphatic rings. The minimum atomic E-state index is -0.686. The molecule has 126 valence electrons. The van der Waals surface area contributed by atoms with Gasteiger partial charge in [0.15, 0.2) is 0 Å². The summed E-state index contributed by atoms with van der Waals surface area (Å²) in [6, 6.07) is 1.63. The number of aromatic amines is 1. The Morgan fingerprint density at radius 3 is 2.83 bits per heavy atom. The first-order valence-corrected chi connectivity index (χ1v) is 7.67. The standard InChI is InChI=1S/C15H18N6O3/c1-20-9-11(13(23)19-15(20)24)12(22)18-10-4-2-7-21(8-10)14-16-5-3-6-17-14/h3,5-6,9-10H,2,4,7-8H2,1H3,(H,18,22)(H,19,23,24)/t10-/m0/s1. The number of H-pyrrole nitrogens is 1. The zero-order chi connectivity index (χ0) is 17.1. The summed E-state index contributed by atoms with van der Waals surface area (Å²) in [6.07, 6.45) is 6.28. The van der Waals surface area contributed by atoms with Crippen LogP contribution < -0.4 is 21.5 Å². The number of hydrogen-bond acceptors (Lipinski definition) is 6. The summed E-state index contributed by atoms with van der Waals surface area (Å²) in [5, 5.41) is 2.85. The third kappa shape index (κ3) is 3.34. The number of amides is 1. The quantitative estimate of drug-likeness (QED) is 0.766. The fourth-order valence-corrected chi connectivity index (χ4v) is 2.72. The van der Waals surface area contributed by atoms with Crippen molar-refractivity contribution < 1.29 is 4.79 Å². The van der Waals surface area contributed by atoms with Gasteiger partial charge in [0.05, 0.1) is 0 Å². The summed E-state index contributed by atoms with van der Waals surface area (Å²) >= 11 is 0. The van der Waals surface area contributed by atoms with Gasteiger partial charge in [0.2, 0.25) is 5.95 Å². The van der Waals surface area contributed by atoms with Crippen molar-refractivity contribution in [1.29, 1.82) is 0 Å². The van der Waals surface area contributed by atoms with Crippen molar-refractivity contribution in [3.05, 3.63) is 51.1 Å². The Labute approximate surface area is 137 Å². The van der Waals surface area contributed by atoms with E-state index in [-0.39, 0.29) is 11.6 Å². The molecule has 0 spiro atoms. The van der Waals surface area contributed by atoms with Crippen molar-refractivity contribution in [3.63, 3.8) is 0 Å². The molecule has 1 saturated heterocycles. The molecule has 3 rings (SSSR count). The molecule has 2 N–H and O–H groups in total. The molecular weight excluding hydrogens is 312 g/mol. The molecule has 1 amide bonds. The van der Waals surface area contributed by atoms with E-state index < -0.39 is 17.2 Å². The van der Waals surface area contributed by atoms with Gasteiger partial charge in [-0.3, -0.25) is 14.6 Å². The van der Waals surface area contributed by atoms with Crippen LogP contribution in [-0.2, 0) is 7.05 Å². The lowest BCUT2D eigenvalue weighted by atomic mass is 10.1. The molecule has 9 nitrogen and oxygen atoms in total. The molecule has 0 unspecified atom stereocenters. The molecule has 0 aliphatic carbocycles. The summed E-state index contributed by atoms with van der Waals surface area (Å²) < 4.78 is 1.17. The van der Waals surface area contributed by atoms with Crippen LogP contribution in [0.4, 0.5) is 5.95 Å². The van der Waals surface area contributed by atoms with E-state index >= 15 is 0 Å². The van der Waals surface area contributed by atoms with Crippen molar-refractivity contribution >= 4 is 11.9 Å². The summed E-state index contributed by atoms with van der Waals surface area (Å²) in [7, 11) is 1.48. The molecule has 2 aromatic heterocycles. The average molecular weight is 330 g/mol. The Hall–Kier alpha value is -2.97. The molecule has 0 radical (unpaired) electrons. The van der Waals surface area contributed by atoms with Crippen LogP contribution in [0.3, 0.4) is 0 Å². The van der Waals surface area contributed by atoms with Crippen LogP contribution in [-0.4, -0.2) is 44.6 Å². The van der Waals surface area contributed by atoms with Crippen molar-refractivity contribution in [2.45, 2.75) is 18.9 Å². The highest BCUT2D eigenvalue weighted by molar-refractivity contribution is 5.93. The van der Waals surface area contributed by atoms with Gasteiger partial charge < -0.3 is 14.8 Å². The number of anilines is 1. The first-order chi connectivity index (χ1) is 11.5. The predicted molar refractivity (Wildman–Crippen MR) is 87.0 cm³/mol. The number of aryl methyl sites for hydroxylation is 1. The SMILES string of the molecule is Cn1cc(C(=O)N[C@H]2CCCN(c3ncccn3)C2)c(=O)[nH]c1=O. The Bertz CT molecular complexity index is 844. The maximum Gasteiger partial charge on any atom is 0.328 e. The zero-order valence-electron chi connectivity index (χ0n) is 13.2. The maximum absolute atomic E-state index is 12.3. The van der Waals surface area contributed by atoms with Gasteiger partial charge in [-0.15, -0.1) is 0 Å². The number of carbonyl (C=O) groups is 1. The van der Waals surface area contributed by atoms with Crippen molar-refractivity contribution in [2.24, 2.45) is 7.05 Å². The molecule has 1 atom stereocenters. The minimum absolute atomic E-state index is 0.0785. The van der Waals surface area contributed by atoms with Gasteiger partial charge in [-0.05, 0) is 18.9 Å². The second-order valence-electron chi connectivity index (χ2n) is 5.72. The van der Waals surface area contributed by atoms with Gasteiger partial charge in [0.1, 0.15) is 5.56 Å². The van der Waals surface area contributed by atoms with E-state index in [1.807, 2.05) is 4.90 Å². The summed E-state index contributed by atoms with van der Waals surface area (Å²) in [4.78, 5) is 48.1. The van der Waals surface area contributed by atoms with Gasteiger partial charge in [0.25, 0.3) is 11.5 Å². The van der Waals surface area contributed by atoms with Crippen LogP contribution in [0.2, 0.25) is 0 Å². The molecule has 1 fully saturated rings. The Kier molecular flexibility index (Phi) is 4.41. The van der Waals surface area contributed by atoms with Crippen LogP contribution in [0, 0.1) is 0 Å². The lowest BCUT2D eigenvalue weighted by molar-refractivity contribution is 0.0930. The fourth-order valence-electron chi connectivity index (χ4n) is 2.72. The topological polar surface area (TPSA) is 113 Å². The number of hydrogen-bond donors (Lipinski definition) is 2. The molecule has 0 aromatic carbocycles. The lowest BCUT2D eigenvalue weighted by Crippen LogP contribution is -2.49. The van der Waals surface area contributed by atoms with Gasteiger partial charge in [-0.25, -0.2) is 14.8 Å². The molecule has 0 bridgehead atoms. The number of aromatic nitrogens is 4. The normalized spacial score (nSPS) is 17.5. The van der Waals surface area contributed by atoms with Crippen LogP contribution in [0.5, 0.6) is 0 Å². The number of rotatable bonds is 3. The molecule has 0 saturated carbocycles. The second kappa shape index (κ2) is 6.65.